The second-order valence-electron chi connectivity index (χ2n) is 3.48. The third-order valence-corrected chi connectivity index (χ3v) is 3.85. The fourth-order valence-corrected chi connectivity index (χ4v) is 2.99. The average Bonchev–Trinajstić information content (AvgIpc) is 2.71. The monoisotopic (exact) mass is 198 g/mol. The van der Waals surface area contributed by atoms with Gasteiger partial charge in [-0.25, -0.2) is 0 Å². The topological polar surface area (TPSA) is 26.3 Å². The molecule has 2 aliphatic rings. The zero-order chi connectivity index (χ0) is 9.10. The van der Waals surface area contributed by atoms with E-state index in [9.17, 15) is 4.79 Å². The Morgan fingerprint density at radius 2 is 2.46 bits per heavy atom. The number of carbonyl (C=O) groups is 1. The van der Waals surface area contributed by atoms with Crippen molar-refractivity contribution >= 4 is 17.5 Å². The standard InChI is InChI=1S/C10H14O2S/c11-10(9-4-2-6-13-9)8-3-1-5-12-7-8/h7,9H,1-6H2. The molecule has 0 N–H and O–H groups in total. The summed E-state index contributed by atoms with van der Waals surface area (Å²) in [6.07, 6.45) is 5.83. The lowest BCUT2D eigenvalue weighted by Crippen LogP contribution is -2.18. The summed E-state index contributed by atoms with van der Waals surface area (Å²) >= 11 is 1.80. The van der Waals surface area contributed by atoms with Gasteiger partial charge in [0.1, 0.15) is 0 Å². The maximum atomic E-state index is 11.8. The lowest BCUT2D eigenvalue weighted by atomic mass is 10.0. The molecule has 2 nitrogen and oxygen atoms in total. The van der Waals surface area contributed by atoms with Crippen molar-refractivity contribution in [2.45, 2.75) is 30.9 Å². The molecule has 1 saturated heterocycles. The Hall–Kier alpha value is -0.440. The van der Waals surface area contributed by atoms with Crippen LogP contribution in [0.15, 0.2) is 11.8 Å². The Balaban J connectivity index is 1.98. The maximum absolute atomic E-state index is 11.8. The predicted molar refractivity (Wildman–Crippen MR) is 53.8 cm³/mol. The first kappa shape index (κ1) is 9.13. The molecule has 72 valence electrons. The summed E-state index contributed by atoms with van der Waals surface area (Å²) in [7, 11) is 0. The summed E-state index contributed by atoms with van der Waals surface area (Å²) in [6, 6.07) is 0. The lowest BCUT2D eigenvalue weighted by molar-refractivity contribution is -0.115. The molecule has 0 spiro atoms. The number of carbonyl (C=O) groups excluding carboxylic acids is 1. The van der Waals surface area contributed by atoms with E-state index in [1.54, 1.807) is 18.0 Å². The number of Topliss-reactive ketones (excluding diaryl/α,β-unsaturated/α-hetero) is 1. The number of rotatable bonds is 2. The number of allylic oxidation sites excluding steroid dienone is 1. The van der Waals surface area contributed by atoms with Crippen molar-refractivity contribution in [3.05, 3.63) is 11.8 Å². The Morgan fingerprint density at radius 1 is 1.54 bits per heavy atom. The molecule has 1 fully saturated rings. The van der Waals surface area contributed by atoms with Crippen LogP contribution in [-0.2, 0) is 9.53 Å². The molecule has 2 aliphatic heterocycles. The van der Waals surface area contributed by atoms with E-state index in [1.807, 2.05) is 0 Å². The molecule has 0 aromatic carbocycles. The van der Waals surface area contributed by atoms with Crippen LogP contribution in [0, 0.1) is 0 Å². The molecule has 2 rings (SSSR count). The maximum Gasteiger partial charge on any atom is 0.174 e. The highest BCUT2D eigenvalue weighted by Crippen LogP contribution is 2.30. The van der Waals surface area contributed by atoms with Crippen molar-refractivity contribution < 1.29 is 9.53 Å². The van der Waals surface area contributed by atoms with Gasteiger partial charge >= 0.3 is 0 Å². The normalized spacial score (nSPS) is 28.0. The van der Waals surface area contributed by atoms with Gasteiger partial charge in [0.15, 0.2) is 5.78 Å². The smallest absolute Gasteiger partial charge is 0.174 e. The van der Waals surface area contributed by atoms with Crippen molar-refractivity contribution in [3.8, 4) is 0 Å². The average molecular weight is 198 g/mol. The zero-order valence-corrected chi connectivity index (χ0v) is 8.44. The van der Waals surface area contributed by atoms with Gasteiger partial charge in [-0.15, -0.1) is 0 Å². The molecule has 0 bridgehead atoms. The van der Waals surface area contributed by atoms with Crippen LogP contribution in [-0.4, -0.2) is 23.4 Å². The summed E-state index contributed by atoms with van der Waals surface area (Å²) in [5.41, 5.74) is 0.908. The first-order chi connectivity index (χ1) is 6.38. The highest BCUT2D eigenvalue weighted by Gasteiger charge is 2.26. The Kier molecular flexibility index (Phi) is 2.94. The number of thioether (sulfide) groups is 1. The third kappa shape index (κ3) is 2.08. The molecule has 0 amide bonds. The first-order valence-electron chi connectivity index (χ1n) is 4.84. The quantitative estimate of drug-likeness (QED) is 0.680. The van der Waals surface area contributed by atoms with Gasteiger partial charge in [0.2, 0.25) is 0 Å². The van der Waals surface area contributed by atoms with Crippen LogP contribution in [0.2, 0.25) is 0 Å². The molecule has 0 aromatic rings. The number of ether oxygens (including phenoxy) is 1. The number of hydrogen-bond donors (Lipinski definition) is 0. The molecule has 3 heteroatoms. The molecular weight excluding hydrogens is 184 g/mol. The van der Waals surface area contributed by atoms with Gasteiger partial charge in [-0.05, 0) is 31.4 Å². The van der Waals surface area contributed by atoms with Crippen molar-refractivity contribution in [1.29, 1.82) is 0 Å². The fraction of sp³-hybridized carbons (Fsp3) is 0.700. The van der Waals surface area contributed by atoms with Crippen LogP contribution in [0.4, 0.5) is 0 Å². The van der Waals surface area contributed by atoms with Crippen LogP contribution in [0.3, 0.4) is 0 Å². The van der Waals surface area contributed by atoms with Crippen LogP contribution in [0.5, 0.6) is 0 Å². The molecule has 1 atom stereocenters. The molecule has 2 heterocycles. The molecule has 13 heavy (non-hydrogen) atoms. The molecular formula is C10H14O2S. The SMILES string of the molecule is O=C(C1=COCCC1)C1CCCS1. The summed E-state index contributed by atoms with van der Waals surface area (Å²) < 4.78 is 5.17. The second kappa shape index (κ2) is 4.18. The van der Waals surface area contributed by atoms with Gasteiger partial charge < -0.3 is 4.74 Å². The van der Waals surface area contributed by atoms with Gasteiger partial charge in [-0.2, -0.15) is 11.8 Å². The van der Waals surface area contributed by atoms with E-state index in [0.717, 1.165) is 37.2 Å². The van der Waals surface area contributed by atoms with Gasteiger partial charge in [-0.1, -0.05) is 0 Å². The minimum atomic E-state index is 0.230. The summed E-state index contributed by atoms with van der Waals surface area (Å²) in [5, 5.41) is 0.230. The van der Waals surface area contributed by atoms with Crippen LogP contribution < -0.4 is 0 Å². The third-order valence-electron chi connectivity index (χ3n) is 2.47. The molecule has 1 unspecified atom stereocenters. The van der Waals surface area contributed by atoms with E-state index >= 15 is 0 Å². The summed E-state index contributed by atoms with van der Waals surface area (Å²) in [5.74, 6) is 1.46. The van der Waals surface area contributed by atoms with Crippen LogP contribution in [0.25, 0.3) is 0 Å². The molecule has 0 aliphatic carbocycles. The highest BCUT2D eigenvalue weighted by molar-refractivity contribution is 8.00. The summed E-state index contributed by atoms with van der Waals surface area (Å²) in [6.45, 7) is 0.772. The van der Waals surface area contributed by atoms with E-state index in [1.165, 1.54) is 6.42 Å². The van der Waals surface area contributed by atoms with Gasteiger partial charge in [-0.3, -0.25) is 4.79 Å². The van der Waals surface area contributed by atoms with Crippen molar-refractivity contribution in [3.63, 3.8) is 0 Å². The first-order valence-corrected chi connectivity index (χ1v) is 5.89. The lowest BCUT2D eigenvalue weighted by Gasteiger charge is -2.15. The van der Waals surface area contributed by atoms with E-state index in [4.69, 9.17) is 4.74 Å². The van der Waals surface area contributed by atoms with Gasteiger partial charge in [0.25, 0.3) is 0 Å². The zero-order valence-electron chi connectivity index (χ0n) is 7.62. The molecule has 0 saturated carbocycles. The number of ketones is 1. The van der Waals surface area contributed by atoms with Gasteiger partial charge in [0.05, 0.1) is 18.1 Å². The van der Waals surface area contributed by atoms with E-state index in [-0.39, 0.29) is 5.25 Å². The molecule has 0 aromatic heterocycles. The minimum absolute atomic E-state index is 0.230. The fourth-order valence-electron chi connectivity index (χ4n) is 1.74. The van der Waals surface area contributed by atoms with E-state index < -0.39 is 0 Å². The second-order valence-corrected chi connectivity index (χ2v) is 4.79. The van der Waals surface area contributed by atoms with Crippen LogP contribution in [0.1, 0.15) is 25.7 Å². The van der Waals surface area contributed by atoms with Crippen molar-refractivity contribution in [1.82, 2.24) is 0 Å². The van der Waals surface area contributed by atoms with Crippen molar-refractivity contribution in [2.24, 2.45) is 0 Å². The number of hydrogen-bond acceptors (Lipinski definition) is 3. The molecule has 0 radical (unpaired) electrons. The summed E-state index contributed by atoms with van der Waals surface area (Å²) in [4.78, 5) is 11.8. The van der Waals surface area contributed by atoms with Crippen LogP contribution >= 0.6 is 11.8 Å². The Morgan fingerprint density at radius 3 is 3.08 bits per heavy atom. The van der Waals surface area contributed by atoms with Gasteiger partial charge in [0, 0.05) is 5.57 Å². The highest BCUT2D eigenvalue weighted by atomic mass is 32.2. The van der Waals surface area contributed by atoms with Crippen molar-refractivity contribution in [2.75, 3.05) is 12.4 Å². The van der Waals surface area contributed by atoms with E-state index in [2.05, 4.69) is 0 Å². The predicted octanol–water partition coefficient (Wildman–Crippen LogP) is 2.15. The minimum Gasteiger partial charge on any atom is -0.501 e. The van der Waals surface area contributed by atoms with E-state index in [0.29, 0.717) is 5.78 Å². The largest absolute Gasteiger partial charge is 0.501 e. The Labute approximate surface area is 82.7 Å². The Bertz CT molecular complexity index is 229.